The molecule has 3 nitrogen and oxygen atoms in total. The van der Waals surface area contributed by atoms with Crippen LogP contribution >= 0.6 is 0 Å². The van der Waals surface area contributed by atoms with Crippen LogP contribution < -0.4 is 5.32 Å². The average molecular weight is 434 g/mol. The van der Waals surface area contributed by atoms with Gasteiger partial charge in [0.15, 0.2) is 0 Å². The van der Waals surface area contributed by atoms with E-state index < -0.39 is 11.7 Å². The van der Waals surface area contributed by atoms with Gasteiger partial charge in [-0.05, 0) is 84.9 Å². The van der Waals surface area contributed by atoms with Crippen LogP contribution in [0.4, 0.5) is 0 Å². The number of aliphatic hydroxyl groups is 2. The zero-order valence-corrected chi connectivity index (χ0v) is 19.6. The van der Waals surface area contributed by atoms with Gasteiger partial charge in [-0.3, -0.25) is 0 Å². The molecule has 172 valence electrons. The first-order valence-corrected chi connectivity index (χ1v) is 12.8. The van der Waals surface area contributed by atoms with E-state index in [0.717, 1.165) is 44.2 Å². The maximum absolute atomic E-state index is 12.2. The zero-order chi connectivity index (χ0) is 22.3. The molecular formula is C29H39NO2. The minimum absolute atomic E-state index is 0.234. The number of fused-ring (bicyclic) bond motifs is 5. The van der Waals surface area contributed by atoms with Crippen molar-refractivity contribution in [1.29, 1.82) is 0 Å². The Morgan fingerprint density at radius 3 is 2.59 bits per heavy atom. The van der Waals surface area contributed by atoms with Crippen LogP contribution in [0.2, 0.25) is 0 Å². The van der Waals surface area contributed by atoms with Crippen LogP contribution in [0.1, 0.15) is 81.0 Å². The molecule has 3 N–H and O–H groups in total. The van der Waals surface area contributed by atoms with E-state index in [1.165, 1.54) is 17.5 Å². The van der Waals surface area contributed by atoms with Crippen molar-refractivity contribution in [1.82, 2.24) is 5.32 Å². The van der Waals surface area contributed by atoms with Crippen molar-refractivity contribution in [3.8, 4) is 0 Å². The van der Waals surface area contributed by atoms with Gasteiger partial charge in [0.1, 0.15) is 5.60 Å². The van der Waals surface area contributed by atoms with Crippen LogP contribution in [0.5, 0.6) is 0 Å². The molecule has 3 heteroatoms. The highest BCUT2D eigenvalue weighted by Crippen LogP contribution is 2.64. The van der Waals surface area contributed by atoms with Gasteiger partial charge in [-0.15, -0.1) is 0 Å². The monoisotopic (exact) mass is 433 g/mol. The minimum atomic E-state index is -1.15. The molecule has 2 aromatic carbocycles. The molecule has 2 saturated carbocycles. The fraction of sp³-hybridized carbons (Fsp3) is 0.586. The van der Waals surface area contributed by atoms with Gasteiger partial charge in [0.2, 0.25) is 0 Å². The standard InChI is InChI=1S/C29H39NO2/c1-3-4-18-30-26(21-11-6-5-7-12-21)29(32)19-25-24-15-14-20-10-8-9-13-22(20)23(24)16-17-28(25,2)27(29)31/h5-13,23-27,30-32H,3-4,14-19H2,1-2H3/t23-,24-,25+,26?,27-,28+,29-/m1/s1. The summed E-state index contributed by atoms with van der Waals surface area (Å²) in [7, 11) is 0. The first-order chi connectivity index (χ1) is 15.5. The first kappa shape index (κ1) is 22.1. The molecule has 0 saturated heterocycles. The molecule has 2 fully saturated rings. The Hall–Kier alpha value is -1.68. The van der Waals surface area contributed by atoms with Crippen molar-refractivity contribution in [3.05, 3.63) is 71.3 Å². The average Bonchev–Trinajstić information content (AvgIpc) is 3.04. The number of rotatable bonds is 6. The molecule has 3 aliphatic rings. The maximum atomic E-state index is 12.2. The quantitative estimate of drug-likeness (QED) is 0.537. The highest BCUT2D eigenvalue weighted by Gasteiger charge is 2.65. The number of nitrogens with one attached hydrogen (secondary N) is 1. The number of hydrogen-bond acceptors (Lipinski definition) is 3. The van der Waals surface area contributed by atoms with Gasteiger partial charge in [-0.2, -0.15) is 0 Å². The smallest absolute Gasteiger partial charge is 0.111 e. The summed E-state index contributed by atoms with van der Waals surface area (Å²) >= 11 is 0. The van der Waals surface area contributed by atoms with Crippen molar-refractivity contribution < 1.29 is 10.2 Å². The first-order valence-electron chi connectivity index (χ1n) is 12.8. The van der Waals surface area contributed by atoms with E-state index in [2.05, 4.69) is 55.6 Å². The zero-order valence-electron chi connectivity index (χ0n) is 19.6. The second-order valence-corrected chi connectivity index (χ2v) is 10.9. The molecule has 32 heavy (non-hydrogen) atoms. The Bertz CT molecular complexity index is 930. The molecule has 0 radical (unpaired) electrons. The lowest BCUT2D eigenvalue weighted by Gasteiger charge is -2.50. The topological polar surface area (TPSA) is 52.5 Å². The van der Waals surface area contributed by atoms with Crippen LogP contribution in [0.3, 0.4) is 0 Å². The molecule has 0 bridgehead atoms. The van der Waals surface area contributed by atoms with Gasteiger partial charge in [-0.1, -0.05) is 74.9 Å². The second-order valence-electron chi connectivity index (χ2n) is 10.9. The fourth-order valence-electron chi connectivity index (χ4n) is 7.56. The molecule has 0 aliphatic heterocycles. The van der Waals surface area contributed by atoms with Crippen LogP contribution in [-0.2, 0) is 6.42 Å². The fourth-order valence-corrected chi connectivity index (χ4v) is 7.56. The summed E-state index contributed by atoms with van der Waals surface area (Å²) in [4.78, 5) is 0. The molecule has 5 rings (SSSR count). The molecule has 2 aromatic rings. The van der Waals surface area contributed by atoms with Crippen molar-refractivity contribution in [2.45, 2.75) is 82.5 Å². The van der Waals surface area contributed by atoms with E-state index in [1.807, 2.05) is 18.2 Å². The predicted octanol–water partition coefficient (Wildman–Crippen LogP) is 5.38. The van der Waals surface area contributed by atoms with Gasteiger partial charge in [0.05, 0.1) is 12.1 Å². The molecule has 0 spiro atoms. The molecular weight excluding hydrogens is 394 g/mol. The second kappa shape index (κ2) is 8.59. The van der Waals surface area contributed by atoms with Gasteiger partial charge in [0.25, 0.3) is 0 Å². The summed E-state index contributed by atoms with van der Waals surface area (Å²) in [5.74, 6) is 1.45. The summed E-state index contributed by atoms with van der Waals surface area (Å²) in [6.07, 6.45) is 6.51. The van der Waals surface area contributed by atoms with Gasteiger partial charge in [0, 0.05) is 0 Å². The molecule has 1 unspecified atom stereocenters. The third-order valence-corrected chi connectivity index (χ3v) is 9.23. The lowest BCUT2D eigenvalue weighted by atomic mass is 9.55. The van der Waals surface area contributed by atoms with E-state index in [0.29, 0.717) is 24.2 Å². The summed E-state index contributed by atoms with van der Waals surface area (Å²) in [6.45, 7) is 5.30. The number of benzene rings is 2. The molecule has 7 atom stereocenters. The number of unbranched alkanes of at least 4 members (excludes halogenated alkanes) is 1. The highest BCUT2D eigenvalue weighted by atomic mass is 16.3. The Kier molecular flexibility index (Phi) is 5.94. The number of aryl methyl sites for hydroxylation is 1. The van der Waals surface area contributed by atoms with Crippen LogP contribution in [0.15, 0.2) is 54.6 Å². The van der Waals surface area contributed by atoms with Gasteiger partial charge in [-0.25, -0.2) is 0 Å². The third-order valence-electron chi connectivity index (χ3n) is 9.23. The Labute approximate surface area is 193 Å². The van der Waals surface area contributed by atoms with E-state index in [1.54, 1.807) is 0 Å². The summed E-state index contributed by atoms with van der Waals surface area (Å²) < 4.78 is 0. The number of aliphatic hydroxyl groups excluding tert-OH is 1. The van der Waals surface area contributed by atoms with E-state index in [4.69, 9.17) is 0 Å². The molecule has 0 aromatic heterocycles. The van der Waals surface area contributed by atoms with E-state index in [9.17, 15) is 10.2 Å². The summed E-state index contributed by atoms with van der Waals surface area (Å²) in [6, 6.07) is 19.0. The number of hydrogen-bond donors (Lipinski definition) is 3. The lowest BCUT2D eigenvalue weighted by Crippen LogP contribution is -2.53. The highest BCUT2D eigenvalue weighted by molar-refractivity contribution is 5.36. The van der Waals surface area contributed by atoms with Crippen LogP contribution in [0, 0.1) is 17.3 Å². The normalized spacial score (nSPS) is 36.8. The Morgan fingerprint density at radius 1 is 1.06 bits per heavy atom. The van der Waals surface area contributed by atoms with E-state index in [-0.39, 0.29) is 11.5 Å². The van der Waals surface area contributed by atoms with E-state index >= 15 is 0 Å². The SMILES string of the molecule is CCCCNC(c1ccccc1)[C@]1(O)C[C@H]2[C@@H]3CCc4ccccc4[C@H]3CC[C@]2(C)[C@H]1O. The maximum Gasteiger partial charge on any atom is 0.111 e. The van der Waals surface area contributed by atoms with Crippen molar-refractivity contribution >= 4 is 0 Å². The summed E-state index contributed by atoms with van der Waals surface area (Å²) in [5.41, 5.74) is 2.73. The largest absolute Gasteiger partial charge is 0.389 e. The molecule has 0 amide bonds. The Morgan fingerprint density at radius 2 is 1.81 bits per heavy atom. The van der Waals surface area contributed by atoms with Crippen LogP contribution in [0.25, 0.3) is 0 Å². The Balaban J connectivity index is 1.49. The van der Waals surface area contributed by atoms with Gasteiger partial charge < -0.3 is 15.5 Å². The van der Waals surface area contributed by atoms with Crippen molar-refractivity contribution in [3.63, 3.8) is 0 Å². The van der Waals surface area contributed by atoms with Crippen molar-refractivity contribution in [2.24, 2.45) is 17.3 Å². The molecule has 0 heterocycles. The summed E-state index contributed by atoms with van der Waals surface area (Å²) in [5, 5.41) is 27.7. The van der Waals surface area contributed by atoms with Crippen molar-refractivity contribution in [2.75, 3.05) is 6.54 Å². The predicted molar refractivity (Wildman–Crippen MR) is 129 cm³/mol. The minimum Gasteiger partial charge on any atom is -0.389 e. The molecule has 3 aliphatic carbocycles. The lowest BCUT2D eigenvalue weighted by molar-refractivity contribution is -0.117. The third kappa shape index (κ3) is 3.45. The van der Waals surface area contributed by atoms with Crippen LogP contribution in [-0.4, -0.2) is 28.5 Å². The van der Waals surface area contributed by atoms with Gasteiger partial charge >= 0.3 is 0 Å².